The van der Waals surface area contributed by atoms with Crippen molar-refractivity contribution in [3.8, 4) is 0 Å². The molecule has 0 aromatic rings. The van der Waals surface area contributed by atoms with Crippen LogP contribution in [0.25, 0.3) is 0 Å². The average molecular weight is 204 g/mol. The Morgan fingerprint density at radius 2 is 2.14 bits per heavy atom. The van der Waals surface area contributed by atoms with E-state index >= 15 is 0 Å². The van der Waals surface area contributed by atoms with Gasteiger partial charge in [-0.25, -0.2) is 4.79 Å². The van der Waals surface area contributed by atoms with Gasteiger partial charge in [0.1, 0.15) is 0 Å². The highest BCUT2D eigenvalue weighted by atomic mass is 16.5. The second-order valence-electron chi connectivity index (χ2n) is 3.66. The van der Waals surface area contributed by atoms with Crippen LogP contribution >= 0.6 is 0 Å². The van der Waals surface area contributed by atoms with Crippen LogP contribution in [0.2, 0.25) is 0 Å². The first-order valence-corrected chi connectivity index (χ1v) is 4.93. The van der Waals surface area contributed by atoms with Crippen molar-refractivity contribution in [2.75, 3.05) is 13.7 Å². The first-order chi connectivity index (χ1) is 6.49. The number of carbonyl (C=O) groups is 1. The maximum Gasteiger partial charge on any atom is 0.335 e. The largest absolute Gasteiger partial charge is 0.479 e. The van der Waals surface area contributed by atoms with Crippen LogP contribution in [0.15, 0.2) is 0 Å². The molecule has 0 aliphatic heterocycles. The van der Waals surface area contributed by atoms with Gasteiger partial charge in [0.05, 0.1) is 0 Å². The van der Waals surface area contributed by atoms with E-state index in [9.17, 15) is 9.90 Å². The smallest absolute Gasteiger partial charge is 0.335 e. The summed E-state index contributed by atoms with van der Waals surface area (Å²) in [5, 5.41) is 18.9. The Kier molecular flexibility index (Phi) is 5.72. The molecule has 0 heterocycles. The van der Waals surface area contributed by atoms with Crippen molar-refractivity contribution in [3.05, 3.63) is 0 Å². The van der Waals surface area contributed by atoms with Gasteiger partial charge < -0.3 is 14.9 Å². The summed E-state index contributed by atoms with van der Waals surface area (Å²) in [6, 6.07) is 0. The van der Waals surface area contributed by atoms with Crippen molar-refractivity contribution in [1.29, 1.82) is 0 Å². The zero-order valence-electron chi connectivity index (χ0n) is 9.12. The van der Waals surface area contributed by atoms with Crippen LogP contribution < -0.4 is 0 Å². The van der Waals surface area contributed by atoms with Crippen LogP contribution in [-0.4, -0.2) is 35.5 Å². The van der Waals surface area contributed by atoms with Crippen LogP contribution in [0.3, 0.4) is 0 Å². The molecule has 0 amide bonds. The molecule has 4 heteroatoms. The minimum atomic E-state index is -1.60. The molecule has 0 spiro atoms. The molecule has 0 aromatic heterocycles. The number of hydrogen-bond acceptors (Lipinski definition) is 3. The monoisotopic (exact) mass is 204 g/mol. The van der Waals surface area contributed by atoms with Gasteiger partial charge in [-0.2, -0.15) is 0 Å². The zero-order valence-corrected chi connectivity index (χ0v) is 9.12. The van der Waals surface area contributed by atoms with Crippen LogP contribution in [-0.2, 0) is 9.53 Å². The summed E-state index contributed by atoms with van der Waals surface area (Å²) in [7, 11) is 1.56. The van der Waals surface area contributed by atoms with Crippen molar-refractivity contribution in [2.45, 2.75) is 38.7 Å². The van der Waals surface area contributed by atoms with E-state index < -0.39 is 11.6 Å². The number of methoxy groups -OCH3 is 1. The summed E-state index contributed by atoms with van der Waals surface area (Å²) in [5.41, 5.74) is -1.60. The Labute approximate surface area is 84.9 Å². The lowest BCUT2D eigenvalue weighted by molar-refractivity contribution is -0.166. The third kappa shape index (κ3) is 3.27. The van der Waals surface area contributed by atoms with Crippen molar-refractivity contribution in [2.24, 2.45) is 5.92 Å². The van der Waals surface area contributed by atoms with Gasteiger partial charge >= 0.3 is 5.97 Å². The summed E-state index contributed by atoms with van der Waals surface area (Å²) in [6.07, 6.45) is 1.49. The normalized spacial score (nSPS) is 17.4. The highest BCUT2D eigenvalue weighted by Gasteiger charge is 2.40. The Hall–Kier alpha value is -0.610. The first-order valence-electron chi connectivity index (χ1n) is 4.93. The van der Waals surface area contributed by atoms with Crippen molar-refractivity contribution in [3.63, 3.8) is 0 Å². The third-order valence-electron chi connectivity index (χ3n) is 2.57. The van der Waals surface area contributed by atoms with E-state index in [4.69, 9.17) is 9.84 Å². The number of rotatable bonds is 7. The van der Waals surface area contributed by atoms with E-state index in [1.807, 2.05) is 6.92 Å². The van der Waals surface area contributed by atoms with Crippen LogP contribution in [0.5, 0.6) is 0 Å². The van der Waals surface area contributed by atoms with Gasteiger partial charge in [0.2, 0.25) is 0 Å². The van der Waals surface area contributed by atoms with E-state index in [2.05, 4.69) is 0 Å². The summed E-state index contributed by atoms with van der Waals surface area (Å²) >= 11 is 0. The number of ether oxygens (including phenoxy) is 1. The molecular weight excluding hydrogens is 184 g/mol. The molecule has 0 bridgehead atoms. The molecule has 14 heavy (non-hydrogen) atoms. The number of carboxylic acids is 1. The van der Waals surface area contributed by atoms with Gasteiger partial charge in [0.15, 0.2) is 5.60 Å². The predicted octanol–water partition coefficient (Wildman–Crippen LogP) is 1.27. The lowest BCUT2D eigenvalue weighted by Gasteiger charge is -2.29. The number of aliphatic carboxylic acids is 1. The molecule has 0 aliphatic carbocycles. The van der Waals surface area contributed by atoms with E-state index in [-0.39, 0.29) is 12.3 Å². The summed E-state index contributed by atoms with van der Waals surface area (Å²) in [5.74, 6) is -1.43. The highest BCUT2D eigenvalue weighted by Crippen LogP contribution is 2.26. The maximum absolute atomic E-state index is 10.9. The van der Waals surface area contributed by atoms with E-state index in [1.54, 1.807) is 14.0 Å². The maximum atomic E-state index is 10.9. The molecule has 0 aliphatic rings. The van der Waals surface area contributed by atoms with Crippen molar-refractivity contribution < 1.29 is 19.7 Å². The second-order valence-corrected chi connectivity index (χ2v) is 3.66. The molecule has 2 atom stereocenters. The van der Waals surface area contributed by atoms with E-state index in [1.165, 1.54) is 0 Å². The van der Waals surface area contributed by atoms with Crippen LogP contribution in [0, 0.1) is 5.92 Å². The minimum Gasteiger partial charge on any atom is -0.479 e. The minimum absolute atomic E-state index is 0.285. The van der Waals surface area contributed by atoms with Gasteiger partial charge in [-0.1, -0.05) is 20.3 Å². The van der Waals surface area contributed by atoms with Gasteiger partial charge in [0.25, 0.3) is 0 Å². The molecule has 0 fully saturated rings. The fourth-order valence-electron chi connectivity index (χ4n) is 1.48. The fraction of sp³-hybridized carbons (Fsp3) is 0.900. The summed E-state index contributed by atoms with van der Waals surface area (Å²) < 4.78 is 4.86. The topological polar surface area (TPSA) is 66.8 Å². The molecule has 4 nitrogen and oxygen atoms in total. The average Bonchev–Trinajstić information content (AvgIpc) is 2.14. The lowest BCUT2D eigenvalue weighted by Crippen LogP contribution is -2.45. The molecule has 2 unspecified atom stereocenters. The number of aliphatic hydroxyl groups is 1. The zero-order chi connectivity index (χ0) is 11.2. The standard InChI is InChI=1S/C10H20O4/c1-4-6-10(13,9(11)12)8(2)5-7-14-3/h8,13H,4-7H2,1-3H3,(H,11,12). The van der Waals surface area contributed by atoms with Gasteiger partial charge in [-0.15, -0.1) is 0 Å². The van der Waals surface area contributed by atoms with Crippen molar-refractivity contribution >= 4 is 5.97 Å². The lowest BCUT2D eigenvalue weighted by atomic mass is 9.83. The molecule has 0 radical (unpaired) electrons. The van der Waals surface area contributed by atoms with Crippen molar-refractivity contribution in [1.82, 2.24) is 0 Å². The summed E-state index contributed by atoms with van der Waals surface area (Å²) in [6.45, 7) is 4.07. The SMILES string of the molecule is CCCC(O)(C(=O)O)C(C)CCOC. The molecule has 0 saturated heterocycles. The van der Waals surface area contributed by atoms with Gasteiger partial charge in [-0.05, 0) is 18.8 Å². The van der Waals surface area contributed by atoms with Gasteiger partial charge in [0, 0.05) is 13.7 Å². The molecule has 84 valence electrons. The van der Waals surface area contributed by atoms with Crippen LogP contribution in [0.1, 0.15) is 33.1 Å². The first kappa shape index (κ1) is 13.4. The Morgan fingerprint density at radius 1 is 1.57 bits per heavy atom. The third-order valence-corrected chi connectivity index (χ3v) is 2.57. The fourth-order valence-corrected chi connectivity index (χ4v) is 1.48. The molecule has 2 N–H and O–H groups in total. The quantitative estimate of drug-likeness (QED) is 0.655. The number of hydrogen-bond donors (Lipinski definition) is 2. The number of carboxylic acid groups (broad SMARTS) is 1. The van der Waals surface area contributed by atoms with E-state index in [0.29, 0.717) is 19.4 Å². The molecule has 0 aromatic carbocycles. The Morgan fingerprint density at radius 3 is 2.50 bits per heavy atom. The summed E-state index contributed by atoms with van der Waals surface area (Å²) in [4.78, 5) is 10.9. The molecule has 0 rings (SSSR count). The van der Waals surface area contributed by atoms with Gasteiger partial charge in [-0.3, -0.25) is 0 Å². The van der Waals surface area contributed by atoms with Crippen LogP contribution in [0.4, 0.5) is 0 Å². The van der Waals surface area contributed by atoms with E-state index in [0.717, 1.165) is 0 Å². The molecule has 0 saturated carbocycles. The second kappa shape index (κ2) is 5.98. The Bertz CT molecular complexity index is 181. The molecular formula is C10H20O4. The highest BCUT2D eigenvalue weighted by molar-refractivity contribution is 5.77. The predicted molar refractivity (Wildman–Crippen MR) is 53.2 cm³/mol. The Balaban J connectivity index is 4.39.